The predicted octanol–water partition coefficient (Wildman–Crippen LogP) is 0.757. The van der Waals surface area contributed by atoms with Gasteiger partial charge in [0.2, 0.25) is 0 Å². The van der Waals surface area contributed by atoms with Crippen LogP contribution in [0.25, 0.3) is 11.3 Å². The number of hydrogen-bond donors (Lipinski definition) is 2. The number of nitrogen functional groups attached to an aromatic ring is 1. The fraction of sp³-hybridized carbons (Fsp3) is 0.125. The molecular formula is C8H9N5. The van der Waals surface area contributed by atoms with Crippen LogP contribution in [0.15, 0.2) is 18.7 Å². The minimum Gasteiger partial charge on any atom is -0.369 e. The van der Waals surface area contributed by atoms with Crippen LogP contribution in [0.1, 0.15) is 5.69 Å². The minimum atomic E-state index is 0.401. The Balaban J connectivity index is 2.52. The zero-order chi connectivity index (χ0) is 9.26. The number of aromatic amines is 1. The molecule has 2 heterocycles. The van der Waals surface area contributed by atoms with Gasteiger partial charge in [-0.2, -0.15) is 0 Å². The molecule has 0 aliphatic carbocycles. The van der Waals surface area contributed by atoms with E-state index in [0.29, 0.717) is 5.95 Å². The second kappa shape index (κ2) is 2.85. The first-order chi connectivity index (χ1) is 6.27. The van der Waals surface area contributed by atoms with Crippen molar-refractivity contribution in [3.8, 4) is 11.3 Å². The average molecular weight is 175 g/mol. The number of nitrogens with two attached hydrogens (primary N) is 1. The standard InChI is InChI=1S/C8H9N5/c1-5-6(2-10-4-12-5)7-3-11-8(9)13-7/h2-4H,1H3,(H3,9,11,13). The number of rotatable bonds is 1. The molecule has 5 heteroatoms. The lowest BCUT2D eigenvalue weighted by Gasteiger charge is -1.98. The van der Waals surface area contributed by atoms with Crippen LogP contribution in [-0.2, 0) is 0 Å². The maximum Gasteiger partial charge on any atom is 0.197 e. The monoisotopic (exact) mass is 175 g/mol. The van der Waals surface area contributed by atoms with Gasteiger partial charge in [0, 0.05) is 11.8 Å². The van der Waals surface area contributed by atoms with Gasteiger partial charge in [0.1, 0.15) is 6.33 Å². The highest BCUT2D eigenvalue weighted by atomic mass is 15.0. The van der Waals surface area contributed by atoms with Crippen LogP contribution in [0.4, 0.5) is 5.95 Å². The molecule has 2 aromatic heterocycles. The third kappa shape index (κ3) is 1.35. The van der Waals surface area contributed by atoms with Crippen LogP contribution >= 0.6 is 0 Å². The first kappa shape index (κ1) is 7.72. The SMILES string of the molecule is Cc1ncncc1-c1cnc(N)[nH]1. The minimum absolute atomic E-state index is 0.401. The van der Waals surface area contributed by atoms with E-state index in [4.69, 9.17) is 5.73 Å². The van der Waals surface area contributed by atoms with Crippen LogP contribution in [0.3, 0.4) is 0 Å². The molecule has 0 spiro atoms. The molecule has 0 atom stereocenters. The van der Waals surface area contributed by atoms with E-state index >= 15 is 0 Å². The lowest BCUT2D eigenvalue weighted by atomic mass is 10.2. The molecule has 0 bridgehead atoms. The number of aryl methyl sites for hydroxylation is 1. The Morgan fingerprint density at radius 2 is 2.15 bits per heavy atom. The van der Waals surface area contributed by atoms with Gasteiger partial charge in [0.25, 0.3) is 0 Å². The molecule has 0 unspecified atom stereocenters. The molecule has 0 aliphatic rings. The van der Waals surface area contributed by atoms with E-state index < -0.39 is 0 Å². The predicted molar refractivity (Wildman–Crippen MR) is 48.8 cm³/mol. The van der Waals surface area contributed by atoms with E-state index in [1.54, 1.807) is 12.4 Å². The summed E-state index contributed by atoms with van der Waals surface area (Å²) in [5.41, 5.74) is 8.13. The van der Waals surface area contributed by atoms with Gasteiger partial charge in [0.15, 0.2) is 5.95 Å². The molecule has 0 amide bonds. The van der Waals surface area contributed by atoms with E-state index in [0.717, 1.165) is 17.0 Å². The molecule has 0 aliphatic heterocycles. The molecule has 0 radical (unpaired) electrons. The first-order valence-electron chi connectivity index (χ1n) is 3.85. The largest absolute Gasteiger partial charge is 0.369 e. The first-order valence-corrected chi connectivity index (χ1v) is 3.85. The van der Waals surface area contributed by atoms with Gasteiger partial charge in [-0.05, 0) is 6.92 Å². The Morgan fingerprint density at radius 1 is 1.31 bits per heavy atom. The maximum absolute atomic E-state index is 5.46. The van der Waals surface area contributed by atoms with E-state index in [2.05, 4.69) is 19.9 Å². The van der Waals surface area contributed by atoms with Gasteiger partial charge >= 0.3 is 0 Å². The van der Waals surface area contributed by atoms with Gasteiger partial charge in [-0.3, -0.25) is 0 Å². The van der Waals surface area contributed by atoms with Crippen molar-refractivity contribution in [1.29, 1.82) is 0 Å². The molecule has 0 saturated carbocycles. The second-order valence-corrected chi connectivity index (χ2v) is 2.70. The van der Waals surface area contributed by atoms with E-state index in [-0.39, 0.29) is 0 Å². The molecule has 2 rings (SSSR count). The number of H-pyrrole nitrogens is 1. The smallest absolute Gasteiger partial charge is 0.197 e. The summed E-state index contributed by atoms with van der Waals surface area (Å²) in [4.78, 5) is 14.8. The number of imidazole rings is 1. The molecule has 2 aromatic rings. The zero-order valence-corrected chi connectivity index (χ0v) is 7.15. The molecule has 5 nitrogen and oxygen atoms in total. The fourth-order valence-electron chi connectivity index (χ4n) is 1.13. The van der Waals surface area contributed by atoms with Gasteiger partial charge in [-0.15, -0.1) is 0 Å². The van der Waals surface area contributed by atoms with Crippen molar-refractivity contribution >= 4 is 5.95 Å². The fourth-order valence-corrected chi connectivity index (χ4v) is 1.13. The third-order valence-corrected chi connectivity index (χ3v) is 1.80. The average Bonchev–Trinajstić information content (AvgIpc) is 2.53. The summed E-state index contributed by atoms with van der Waals surface area (Å²) < 4.78 is 0. The highest BCUT2D eigenvalue weighted by Crippen LogP contribution is 2.18. The quantitative estimate of drug-likeness (QED) is 0.670. The topological polar surface area (TPSA) is 80.5 Å². The summed E-state index contributed by atoms with van der Waals surface area (Å²) in [6.45, 7) is 1.91. The van der Waals surface area contributed by atoms with Crippen molar-refractivity contribution in [2.45, 2.75) is 6.92 Å². The summed E-state index contributed by atoms with van der Waals surface area (Å²) in [6, 6.07) is 0. The van der Waals surface area contributed by atoms with Crippen molar-refractivity contribution in [2.24, 2.45) is 0 Å². The summed E-state index contributed by atoms with van der Waals surface area (Å²) in [7, 11) is 0. The second-order valence-electron chi connectivity index (χ2n) is 2.70. The van der Waals surface area contributed by atoms with E-state index in [9.17, 15) is 0 Å². The number of anilines is 1. The highest BCUT2D eigenvalue weighted by molar-refractivity contribution is 5.60. The Labute approximate surface area is 75.1 Å². The number of aromatic nitrogens is 4. The van der Waals surface area contributed by atoms with E-state index in [1.807, 2.05) is 6.92 Å². The number of nitrogens with zero attached hydrogens (tertiary/aromatic N) is 3. The molecule has 0 fully saturated rings. The molecule has 0 aromatic carbocycles. The van der Waals surface area contributed by atoms with Gasteiger partial charge < -0.3 is 10.7 Å². The normalized spacial score (nSPS) is 10.2. The van der Waals surface area contributed by atoms with Crippen molar-refractivity contribution in [1.82, 2.24) is 19.9 Å². The van der Waals surface area contributed by atoms with E-state index in [1.165, 1.54) is 6.33 Å². The Hall–Kier alpha value is -1.91. The van der Waals surface area contributed by atoms with Crippen molar-refractivity contribution in [2.75, 3.05) is 5.73 Å². The number of hydrogen-bond acceptors (Lipinski definition) is 4. The van der Waals surface area contributed by atoms with Crippen molar-refractivity contribution in [3.05, 3.63) is 24.4 Å². The third-order valence-electron chi connectivity index (χ3n) is 1.80. The summed E-state index contributed by atoms with van der Waals surface area (Å²) in [5.74, 6) is 0.401. The molecule has 66 valence electrons. The molecule has 13 heavy (non-hydrogen) atoms. The Bertz CT molecular complexity index is 420. The van der Waals surface area contributed by atoms with Gasteiger partial charge in [0.05, 0.1) is 17.6 Å². The van der Waals surface area contributed by atoms with Crippen molar-refractivity contribution in [3.63, 3.8) is 0 Å². The van der Waals surface area contributed by atoms with Crippen LogP contribution in [-0.4, -0.2) is 19.9 Å². The Morgan fingerprint density at radius 3 is 2.77 bits per heavy atom. The zero-order valence-electron chi connectivity index (χ0n) is 7.15. The molecular weight excluding hydrogens is 166 g/mol. The van der Waals surface area contributed by atoms with Crippen molar-refractivity contribution < 1.29 is 0 Å². The molecule has 3 N–H and O–H groups in total. The maximum atomic E-state index is 5.46. The lowest BCUT2D eigenvalue weighted by Crippen LogP contribution is -1.90. The van der Waals surface area contributed by atoms with Crippen LogP contribution in [0.5, 0.6) is 0 Å². The number of nitrogens with one attached hydrogen (secondary N) is 1. The summed E-state index contributed by atoms with van der Waals surface area (Å²) >= 11 is 0. The lowest BCUT2D eigenvalue weighted by molar-refractivity contribution is 1.10. The van der Waals surface area contributed by atoms with Gasteiger partial charge in [-0.1, -0.05) is 0 Å². The van der Waals surface area contributed by atoms with Crippen LogP contribution < -0.4 is 5.73 Å². The summed E-state index contributed by atoms with van der Waals surface area (Å²) in [6.07, 6.45) is 4.91. The van der Waals surface area contributed by atoms with Gasteiger partial charge in [-0.25, -0.2) is 15.0 Å². The van der Waals surface area contributed by atoms with Crippen LogP contribution in [0, 0.1) is 6.92 Å². The Kier molecular flexibility index (Phi) is 1.70. The summed E-state index contributed by atoms with van der Waals surface area (Å²) in [5, 5.41) is 0. The molecule has 0 saturated heterocycles. The van der Waals surface area contributed by atoms with Crippen LogP contribution in [0.2, 0.25) is 0 Å². The highest BCUT2D eigenvalue weighted by Gasteiger charge is 2.04.